The Kier molecular flexibility index (Phi) is 9.84. The van der Waals surface area contributed by atoms with Crippen molar-refractivity contribution in [2.45, 2.75) is 19.0 Å². The van der Waals surface area contributed by atoms with Crippen LogP contribution in [0.15, 0.2) is 61.2 Å². The number of alkyl halides is 3. The van der Waals surface area contributed by atoms with Crippen LogP contribution in [0.25, 0.3) is 22.2 Å². The molecule has 1 fully saturated rings. The molecule has 1 saturated heterocycles. The summed E-state index contributed by atoms with van der Waals surface area (Å²) in [6, 6.07) is 13.2. The van der Waals surface area contributed by atoms with Gasteiger partial charge in [0.1, 0.15) is 18.0 Å². The number of nitrogens with zero attached hydrogens (tertiary/aromatic N) is 6. The normalized spacial score (nSPS) is 14.7. The molecule has 3 aromatic heterocycles. The van der Waals surface area contributed by atoms with E-state index in [0.29, 0.717) is 49.8 Å². The molecule has 1 aliphatic rings. The van der Waals surface area contributed by atoms with Crippen molar-refractivity contribution < 1.29 is 18.0 Å². The molecule has 0 aliphatic carbocycles. The molecule has 1 aliphatic heterocycles. The monoisotopic (exact) mass is 598 g/mol. The van der Waals surface area contributed by atoms with Gasteiger partial charge < -0.3 is 15.5 Å². The molecule has 222 valence electrons. The Morgan fingerprint density at radius 3 is 2.50 bits per heavy atom. The van der Waals surface area contributed by atoms with E-state index in [2.05, 4.69) is 37.5 Å². The predicted molar refractivity (Wildman–Crippen MR) is 162 cm³/mol. The first-order valence-electron chi connectivity index (χ1n) is 13.4. The molecule has 4 aromatic rings. The van der Waals surface area contributed by atoms with E-state index >= 15 is 0 Å². The van der Waals surface area contributed by atoms with Gasteiger partial charge in [0.2, 0.25) is 0 Å². The number of pyridine rings is 2. The average molecular weight is 599 g/mol. The Balaban J connectivity index is 0.00000405. The van der Waals surface area contributed by atoms with Crippen molar-refractivity contribution in [1.82, 2.24) is 30.2 Å². The van der Waals surface area contributed by atoms with Gasteiger partial charge in [-0.1, -0.05) is 25.1 Å². The summed E-state index contributed by atoms with van der Waals surface area (Å²) in [5.41, 5.74) is 3.91. The van der Waals surface area contributed by atoms with Gasteiger partial charge in [0.25, 0.3) is 5.91 Å². The number of aromatic nitrogens is 4. The number of nitrogens with one attached hydrogen (secondary N) is 2. The molecule has 1 amide bonds. The Labute approximate surface area is 249 Å². The number of halogens is 3. The molecule has 0 radical (unpaired) electrons. The van der Waals surface area contributed by atoms with Crippen LogP contribution in [0.4, 0.5) is 24.8 Å². The molecule has 0 spiro atoms. The van der Waals surface area contributed by atoms with Crippen molar-refractivity contribution in [2.24, 2.45) is 0 Å². The summed E-state index contributed by atoms with van der Waals surface area (Å²) in [5.74, 6) is 1.30. The summed E-state index contributed by atoms with van der Waals surface area (Å²) in [4.78, 5) is 33.6. The highest BCUT2D eigenvalue weighted by molar-refractivity contribution is 7.59. The molecular formula is C29H33F3N8OS. The van der Waals surface area contributed by atoms with Crippen molar-refractivity contribution in [3.8, 4) is 11.3 Å². The van der Waals surface area contributed by atoms with E-state index in [1.807, 2.05) is 41.3 Å². The average Bonchev–Trinajstić information content (AvgIpc) is 2.98. The minimum Gasteiger partial charge on any atom is -0.369 e. The van der Waals surface area contributed by atoms with Gasteiger partial charge in [-0.2, -0.15) is 26.7 Å². The van der Waals surface area contributed by atoms with Crippen molar-refractivity contribution >= 4 is 41.9 Å². The SMILES string of the molecule is CNC(=O)c1ccnc2c([C@H](C)CNc3cc(-c4ccc(N5CCN(CC(F)(F)F)CC5)nc4)ncn3)cccc12.S. The lowest BCUT2D eigenvalue weighted by molar-refractivity contribution is -0.146. The third kappa shape index (κ3) is 7.26. The first-order valence-corrected chi connectivity index (χ1v) is 13.4. The second-order valence-corrected chi connectivity index (χ2v) is 10.0. The van der Waals surface area contributed by atoms with Gasteiger partial charge in [0, 0.05) is 75.1 Å². The first kappa shape index (κ1) is 31.0. The number of fused-ring (bicyclic) bond motifs is 1. The van der Waals surface area contributed by atoms with Crippen LogP contribution in [0.2, 0.25) is 0 Å². The maximum Gasteiger partial charge on any atom is 0.401 e. The van der Waals surface area contributed by atoms with E-state index in [9.17, 15) is 18.0 Å². The fourth-order valence-electron chi connectivity index (χ4n) is 5.02. The van der Waals surface area contributed by atoms with Gasteiger partial charge in [-0.25, -0.2) is 15.0 Å². The summed E-state index contributed by atoms with van der Waals surface area (Å²) in [6.45, 7) is 3.44. The molecule has 5 rings (SSSR count). The molecule has 13 heteroatoms. The van der Waals surface area contributed by atoms with Crippen molar-refractivity contribution in [1.29, 1.82) is 0 Å². The Hall–Kier alpha value is -3.97. The number of hydrogen-bond acceptors (Lipinski definition) is 8. The van der Waals surface area contributed by atoms with Crippen LogP contribution >= 0.6 is 13.5 Å². The van der Waals surface area contributed by atoms with Gasteiger partial charge >= 0.3 is 6.18 Å². The second-order valence-electron chi connectivity index (χ2n) is 10.0. The number of hydrogen-bond donors (Lipinski definition) is 2. The molecule has 42 heavy (non-hydrogen) atoms. The fourth-order valence-corrected chi connectivity index (χ4v) is 5.02. The van der Waals surface area contributed by atoms with Crippen LogP contribution in [0.1, 0.15) is 28.8 Å². The maximum absolute atomic E-state index is 12.7. The van der Waals surface area contributed by atoms with E-state index in [0.717, 1.165) is 27.8 Å². The summed E-state index contributed by atoms with van der Waals surface area (Å²) in [5, 5.41) is 6.86. The summed E-state index contributed by atoms with van der Waals surface area (Å²) < 4.78 is 38.0. The largest absolute Gasteiger partial charge is 0.401 e. The summed E-state index contributed by atoms with van der Waals surface area (Å²) in [6.07, 6.45) is 0.681. The molecule has 9 nitrogen and oxygen atoms in total. The maximum atomic E-state index is 12.7. The minimum absolute atomic E-state index is 0. The van der Waals surface area contributed by atoms with E-state index in [1.54, 1.807) is 25.5 Å². The zero-order valence-electron chi connectivity index (χ0n) is 23.3. The highest BCUT2D eigenvalue weighted by Crippen LogP contribution is 2.27. The van der Waals surface area contributed by atoms with Crippen molar-refractivity contribution in [2.75, 3.05) is 56.5 Å². The summed E-state index contributed by atoms with van der Waals surface area (Å²) >= 11 is 0. The predicted octanol–water partition coefficient (Wildman–Crippen LogP) is 4.46. The number of anilines is 2. The quantitative estimate of drug-likeness (QED) is 0.307. The fraction of sp³-hybridized carbons (Fsp3) is 0.345. The summed E-state index contributed by atoms with van der Waals surface area (Å²) in [7, 11) is 1.61. The zero-order chi connectivity index (χ0) is 29.0. The number of carbonyl (C=O) groups is 1. The number of para-hydroxylation sites is 1. The molecule has 0 saturated carbocycles. The third-order valence-electron chi connectivity index (χ3n) is 7.20. The molecule has 1 aromatic carbocycles. The van der Waals surface area contributed by atoms with Gasteiger partial charge in [-0.15, -0.1) is 0 Å². The number of benzene rings is 1. The number of carbonyl (C=O) groups excluding carboxylic acids is 1. The molecule has 2 N–H and O–H groups in total. The van der Waals surface area contributed by atoms with Crippen LogP contribution in [-0.4, -0.2) is 83.2 Å². The van der Waals surface area contributed by atoms with E-state index < -0.39 is 12.7 Å². The number of amides is 1. The van der Waals surface area contributed by atoms with Crippen LogP contribution in [0.5, 0.6) is 0 Å². The van der Waals surface area contributed by atoms with Gasteiger partial charge in [-0.05, 0) is 23.8 Å². The highest BCUT2D eigenvalue weighted by atomic mass is 32.1. The van der Waals surface area contributed by atoms with Crippen LogP contribution in [0, 0.1) is 0 Å². The van der Waals surface area contributed by atoms with Crippen LogP contribution < -0.4 is 15.5 Å². The van der Waals surface area contributed by atoms with E-state index in [4.69, 9.17) is 0 Å². The number of rotatable bonds is 8. The minimum atomic E-state index is -4.18. The molecule has 0 bridgehead atoms. The molecule has 4 heterocycles. The molecular weight excluding hydrogens is 565 g/mol. The number of piperazine rings is 1. The Morgan fingerprint density at radius 2 is 1.81 bits per heavy atom. The van der Waals surface area contributed by atoms with Gasteiger partial charge in [0.15, 0.2) is 0 Å². The first-order chi connectivity index (χ1) is 19.7. The van der Waals surface area contributed by atoms with E-state index in [1.165, 1.54) is 11.2 Å². The van der Waals surface area contributed by atoms with Gasteiger partial charge in [0.05, 0.1) is 23.3 Å². The molecule has 0 unspecified atom stereocenters. The Bertz CT molecular complexity index is 1510. The standard InChI is InChI=1S/C29H31F3N8O.H2S/c1-19(21-4-3-5-22-23(28(41)33-2)8-9-34-27(21)22)15-35-25-14-24(37-18-38-25)20-6-7-26(36-16-20)40-12-10-39(11-13-40)17-29(30,31)32;/h3-9,14,16,18-19H,10-13,15,17H2,1-2H3,(H,33,41)(H,35,37,38);1H2/t19-;/m1./s1. The van der Waals surface area contributed by atoms with E-state index in [-0.39, 0.29) is 25.3 Å². The highest BCUT2D eigenvalue weighted by Gasteiger charge is 2.32. The van der Waals surface area contributed by atoms with Gasteiger partial charge in [-0.3, -0.25) is 14.7 Å². The third-order valence-corrected chi connectivity index (χ3v) is 7.20. The zero-order valence-corrected chi connectivity index (χ0v) is 24.3. The second kappa shape index (κ2) is 13.3. The van der Waals surface area contributed by atoms with Crippen LogP contribution in [0.3, 0.4) is 0 Å². The lowest BCUT2D eigenvalue weighted by Gasteiger charge is -2.35. The van der Waals surface area contributed by atoms with Crippen LogP contribution in [-0.2, 0) is 0 Å². The lowest BCUT2D eigenvalue weighted by atomic mass is 9.96. The molecule has 1 atom stereocenters. The topological polar surface area (TPSA) is 99.2 Å². The Morgan fingerprint density at radius 1 is 1.02 bits per heavy atom. The van der Waals surface area contributed by atoms with Crippen molar-refractivity contribution in [3.05, 3.63) is 72.3 Å². The lowest BCUT2D eigenvalue weighted by Crippen LogP contribution is -2.49. The smallest absolute Gasteiger partial charge is 0.369 e. The van der Waals surface area contributed by atoms with Crippen molar-refractivity contribution in [3.63, 3.8) is 0 Å².